The van der Waals surface area contributed by atoms with E-state index in [0.717, 1.165) is 16.8 Å². The standard InChI is InChI=1S/C15H11ClFNO/c16-11-4-6-13(7-5-11)19-9-12-8-10-2-1-3-14(17)15(10)18-12/h1-8,18H,9H2. The van der Waals surface area contributed by atoms with Crippen LogP contribution in [0.5, 0.6) is 5.75 Å². The number of ether oxygens (including phenoxy) is 1. The first-order valence-corrected chi connectivity index (χ1v) is 6.25. The van der Waals surface area contributed by atoms with Gasteiger partial charge in [0.05, 0.1) is 11.2 Å². The molecule has 0 fully saturated rings. The molecule has 19 heavy (non-hydrogen) atoms. The molecule has 1 aromatic heterocycles. The lowest BCUT2D eigenvalue weighted by Crippen LogP contribution is -1.95. The zero-order valence-electron chi connectivity index (χ0n) is 9.99. The van der Waals surface area contributed by atoms with Gasteiger partial charge in [-0.1, -0.05) is 23.7 Å². The second-order valence-corrected chi connectivity index (χ2v) is 4.68. The summed E-state index contributed by atoms with van der Waals surface area (Å²) in [5, 5.41) is 1.51. The molecule has 0 amide bonds. The summed E-state index contributed by atoms with van der Waals surface area (Å²) in [5.74, 6) is 0.471. The Labute approximate surface area is 114 Å². The van der Waals surface area contributed by atoms with Crippen molar-refractivity contribution in [3.8, 4) is 5.75 Å². The Bertz CT molecular complexity index is 706. The Hall–Kier alpha value is -2.00. The molecule has 0 unspecified atom stereocenters. The Balaban J connectivity index is 1.78. The number of aromatic nitrogens is 1. The third-order valence-corrected chi connectivity index (χ3v) is 3.12. The number of benzene rings is 2. The van der Waals surface area contributed by atoms with E-state index in [-0.39, 0.29) is 5.82 Å². The van der Waals surface area contributed by atoms with Crippen LogP contribution in [0.4, 0.5) is 4.39 Å². The number of para-hydroxylation sites is 1. The molecule has 1 heterocycles. The molecule has 1 N–H and O–H groups in total. The Kier molecular flexibility index (Phi) is 3.13. The van der Waals surface area contributed by atoms with Gasteiger partial charge in [0.15, 0.2) is 0 Å². The van der Waals surface area contributed by atoms with Crippen LogP contribution in [0, 0.1) is 5.82 Å². The fourth-order valence-corrected chi connectivity index (χ4v) is 2.07. The summed E-state index contributed by atoms with van der Waals surface area (Å²) in [4.78, 5) is 3.02. The van der Waals surface area contributed by atoms with Crippen molar-refractivity contribution >= 4 is 22.5 Å². The summed E-state index contributed by atoms with van der Waals surface area (Å²) in [7, 11) is 0. The van der Waals surface area contributed by atoms with Crippen molar-refractivity contribution in [3.05, 3.63) is 65.1 Å². The molecule has 2 aromatic carbocycles. The maximum atomic E-state index is 13.5. The van der Waals surface area contributed by atoms with E-state index in [2.05, 4.69) is 4.98 Å². The molecule has 0 aliphatic heterocycles. The molecule has 0 aliphatic rings. The van der Waals surface area contributed by atoms with E-state index in [0.29, 0.717) is 17.1 Å². The number of fused-ring (bicyclic) bond motifs is 1. The predicted octanol–water partition coefficient (Wildman–Crippen LogP) is 4.54. The van der Waals surface area contributed by atoms with Crippen molar-refractivity contribution in [3.63, 3.8) is 0 Å². The van der Waals surface area contributed by atoms with Crippen molar-refractivity contribution in [2.45, 2.75) is 6.61 Å². The van der Waals surface area contributed by atoms with Gasteiger partial charge in [-0.15, -0.1) is 0 Å². The molecule has 0 atom stereocenters. The van der Waals surface area contributed by atoms with Crippen LogP contribution >= 0.6 is 11.6 Å². The minimum atomic E-state index is -0.254. The van der Waals surface area contributed by atoms with Crippen LogP contribution in [0.3, 0.4) is 0 Å². The molecule has 96 valence electrons. The molecular weight excluding hydrogens is 265 g/mol. The molecule has 2 nitrogen and oxygen atoms in total. The van der Waals surface area contributed by atoms with E-state index in [1.165, 1.54) is 6.07 Å². The molecule has 0 aliphatic carbocycles. The number of H-pyrrole nitrogens is 1. The van der Waals surface area contributed by atoms with Crippen molar-refractivity contribution in [2.24, 2.45) is 0 Å². The fraction of sp³-hybridized carbons (Fsp3) is 0.0667. The minimum Gasteiger partial charge on any atom is -0.487 e. The smallest absolute Gasteiger partial charge is 0.147 e. The van der Waals surface area contributed by atoms with Gasteiger partial charge in [0.25, 0.3) is 0 Å². The number of nitrogens with one attached hydrogen (secondary N) is 1. The topological polar surface area (TPSA) is 25.0 Å². The third kappa shape index (κ3) is 2.56. The van der Waals surface area contributed by atoms with Gasteiger partial charge in [0.1, 0.15) is 18.2 Å². The van der Waals surface area contributed by atoms with Gasteiger partial charge >= 0.3 is 0 Å². The highest BCUT2D eigenvalue weighted by Crippen LogP contribution is 2.20. The molecule has 0 saturated carbocycles. The van der Waals surface area contributed by atoms with Crippen LogP contribution in [-0.2, 0) is 6.61 Å². The second kappa shape index (κ2) is 4.94. The van der Waals surface area contributed by atoms with Crippen molar-refractivity contribution in [2.75, 3.05) is 0 Å². The van der Waals surface area contributed by atoms with E-state index in [1.807, 2.05) is 12.1 Å². The van der Waals surface area contributed by atoms with Crippen LogP contribution in [0.15, 0.2) is 48.5 Å². The number of halogens is 2. The van der Waals surface area contributed by atoms with Gasteiger partial charge in [-0.25, -0.2) is 4.39 Å². The average Bonchev–Trinajstić information content (AvgIpc) is 2.83. The Morgan fingerprint density at radius 1 is 1.11 bits per heavy atom. The first-order valence-electron chi connectivity index (χ1n) is 5.87. The van der Waals surface area contributed by atoms with Crippen LogP contribution in [0.25, 0.3) is 10.9 Å². The van der Waals surface area contributed by atoms with Gasteiger partial charge in [0.2, 0.25) is 0 Å². The van der Waals surface area contributed by atoms with Crippen molar-refractivity contribution < 1.29 is 9.13 Å². The molecule has 0 spiro atoms. The molecule has 3 aromatic rings. The van der Waals surface area contributed by atoms with Crippen LogP contribution < -0.4 is 4.74 Å². The highest BCUT2D eigenvalue weighted by molar-refractivity contribution is 6.30. The lowest BCUT2D eigenvalue weighted by atomic mass is 10.2. The largest absolute Gasteiger partial charge is 0.487 e. The van der Waals surface area contributed by atoms with E-state index in [1.54, 1.807) is 30.3 Å². The zero-order chi connectivity index (χ0) is 13.2. The highest BCUT2D eigenvalue weighted by atomic mass is 35.5. The lowest BCUT2D eigenvalue weighted by Gasteiger charge is -2.04. The SMILES string of the molecule is Fc1cccc2cc(COc3ccc(Cl)cc3)[nH]c12. The average molecular weight is 276 g/mol. The van der Waals surface area contributed by atoms with Gasteiger partial charge in [0, 0.05) is 10.4 Å². The summed E-state index contributed by atoms with van der Waals surface area (Å²) in [5.41, 5.74) is 1.34. The predicted molar refractivity (Wildman–Crippen MR) is 74.0 cm³/mol. The van der Waals surface area contributed by atoms with Crippen LogP contribution in [-0.4, -0.2) is 4.98 Å². The number of hydrogen-bond acceptors (Lipinski definition) is 1. The first kappa shape index (κ1) is 12.1. The highest BCUT2D eigenvalue weighted by Gasteiger charge is 2.05. The number of hydrogen-bond donors (Lipinski definition) is 1. The minimum absolute atomic E-state index is 0.254. The maximum Gasteiger partial charge on any atom is 0.147 e. The summed E-state index contributed by atoms with van der Waals surface area (Å²) in [6, 6.07) is 14.0. The van der Waals surface area contributed by atoms with E-state index in [9.17, 15) is 4.39 Å². The quantitative estimate of drug-likeness (QED) is 0.746. The van der Waals surface area contributed by atoms with Gasteiger partial charge < -0.3 is 9.72 Å². The fourth-order valence-electron chi connectivity index (χ4n) is 1.95. The van der Waals surface area contributed by atoms with E-state index in [4.69, 9.17) is 16.3 Å². The van der Waals surface area contributed by atoms with Crippen LogP contribution in [0.2, 0.25) is 5.02 Å². The maximum absolute atomic E-state index is 13.5. The molecular formula is C15H11ClFNO. The molecule has 0 bridgehead atoms. The summed E-state index contributed by atoms with van der Waals surface area (Å²) in [6.07, 6.45) is 0. The lowest BCUT2D eigenvalue weighted by molar-refractivity contribution is 0.302. The Morgan fingerprint density at radius 2 is 1.89 bits per heavy atom. The van der Waals surface area contributed by atoms with Crippen LogP contribution in [0.1, 0.15) is 5.69 Å². The van der Waals surface area contributed by atoms with E-state index >= 15 is 0 Å². The second-order valence-electron chi connectivity index (χ2n) is 4.24. The molecule has 0 saturated heterocycles. The number of aromatic amines is 1. The monoisotopic (exact) mass is 275 g/mol. The van der Waals surface area contributed by atoms with Gasteiger partial charge in [-0.2, -0.15) is 0 Å². The molecule has 4 heteroatoms. The third-order valence-electron chi connectivity index (χ3n) is 2.87. The Morgan fingerprint density at radius 3 is 2.63 bits per heavy atom. The molecule has 3 rings (SSSR count). The summed E-state index contributed by atoms with van der Waals surface area (Å²) in [6.45, 7) is 0.357. The molecule has 0 radical (unpaired) electrons. The summed E-state index contributed by atoms with van der Waals surface area (Å²) >= 11 is 5.80. The number of rotatable bonds is 3. The van der Waals surface area contributed by atoms with Gasteiger partial charge in [-0.3, -0.25) is 0 Å². The van der Waals surface area contributed by atoms with E-state index < -0.39 is 0 Å². The summed E-state index contributed by atoms with van der Waals surface area (Å²) < 4.78 is 19.1. The van der Waals surface area contributed by atoms with Crippen molar-refractivity contribution in [1.29, 1.82) is 0 Å². The first-order chi connectivity index (χ1) is 9.22. The van der Waals surface area contributed by atoms with Crippen molar-refractivity contribution in [1.82, 2.24) is 4.98 Å². The normalized spacial score (nSPS) is 10.8. The van der Waals surface area contributed by atoms with Gasteiger partial charge in [-0.05, 0) is 36.4 Å². The zero-order valence-corrected chi connectivity index (χ0v) is 10.7.